The Morgan fingerprint density at radius 2 is 1.80 bits per heavy atom. The van der Waals surface area contributed by atoms with Gasteiger partial charge in [0.1, 0.15) is 5.82 Å². The second-order valence-electron chi connectivity index (χ2n) is 5.43. The fourth-order valence-electron chi connectivity index (χ4n) is 2.24. The second kappa shape index (κ2) is 7.39. The highest BCUT2D eigenvalue weighted by Crippen LogP contribution is 2.18. The van der Waals surface area contributed by atoms with E-state index in [0.717, 1.165) is 16.9 Å². The third kappa shape index (κ3) is 4.51. The van der Waals surface area contributed by atoms with E-state index in [9.17, 15) is 4.79 Å². The van der Waals surface area contributed by atoms with Crippen molar-refractivity contribution in [2.45, 2.75) is 13.5 Å². The van der Waals surface area contributed by atoms with Crippen LogP contribution in [0.15, 0.2) is 54.9 Å². The summed E-state index contributed by atoms with van der Waals surface area (Å²) in [6.07, 6.45) is 3.48. The summed E-state index contributed by atoms with van der Waals surface area (Å²) in [5.74, 6) is 0.196. The predicted octanol–water partition coefficient (Wildman–Crippen LogP) is 3.23. The quantitative estimate of drug-likeness (QED) is 0.636. The van der Waals surface area contributed by atoms with Gasteiger partial charge in [0.15, 0.2) is 0 Å². The van der Waals surface area contributed by atoms with Gasteiger partial charge in [-0.3, -0.25) is 4.98 Å². The van der Waals surface area contributed by atoms with Crippen LogP contribution in [0.5, 0.6) is 0 Å². The summed E-state index contributed by atoms with van der Waals surface area (Å²) in [6.45, 7) is 2.48. The fourth-order valence-corrected chi connectivity index (χ4v) is 2.24. The van der Waals surface area contributed by atoms with E-state index in [0.29, 0.717) is 18.3 Å². The molecule has 0 aliphatic rings. The van der Waals surface area contributed by atoms with Crippen molar-refractivity contribution in [1.29, 1.82) is 0 Å². The van der Waals surface area contributed by atoms with E-state index < -0.39 is 5.97 Å². The van der Waals surface area contributed by atoms with Crippen molar-refractivity contribution in [2.24, 2.45) is 0 Å². The van der Waals surface area contributed by atoms with Gasteiger partial charge in [-0.05, 0) is 48.9 Å². The average Bonchev–Trinajstić information content (AvgIpc) is 2.61. The monoisotopic (exact) mass is 335 g/mol. The first-order valence-corrected chi connectivity index (χ1v) is 7.69. The van der Waals surface area contributed by atoms with E-state index in [4.69, 9.17) is 5.11 Å². The smallest absolute Gasteiger partial charge is 0.335 e. The molecule has 0 spiro atoms. The van der Waals surface area contributed by atoms with Gasteiger partial charge in [-0.1, -0.05) is 0 Å². The van der Waals surface area contributed by atoms with Crippen LogP contribution in [0.1, 0.15) is 21.6 Å². The van der Waals surface area contributed by atoms with Crippen molar-refractivity contribution in [3.05, 3.63) is 71.7 Å². The zero-order chi connectivity index (χ0) is 17.6. The van der Waals surface area contributed by atoms with Crippen LogP contribution in [0.25, 0.3) is 0 Å². The Labute approximate surface area is 144 Å². The largest absolute Gasteiger partial charge is 0.478 e. The molecule has 0 unspecified atom stereocenters. The lowest BCUT2D eigenvalue weighted by molar-refractivity contribution is 0.0697. The van der Waals surface area contributed by atoms with E-state index in [-0.39, 0.29) is 5.56 Å². The van der Waals surface area contributed by atoms with E-state index in [1.54, 1.807) is 36.7 Å². The highest BCUT2D eigenvalue weighted by atomic mass is 16.4. The van der Waals surface area contributed by atoms with Crippen molar-refractivity contribution in [1.82, 2.24) is 15.0 Å². The number of nitrogens with zero attached hydrogens (tertiary/aromatic N) is 3. The Bertz CT molecular complexity index is 866. The summed E-state index contributed by atoms with van der Waals surface area (Å²) in [5.41, 5.74) is 2.89. The Morgan fingerprint density at radius 3 is 2.48 bits per heavy atom. The van der Waals surface area contributed by atoms with Gasteiger partial charge in [-0.2, -0.15) is 4.98 Å². The molecule has 0 atom stereocenters. The molecule has 2 aromatic heterocycles. The summed E-state index contributed by atoms with van der Waals surface area (Å²) in [7, 11) is 0. The molecule has 1 aromatic carbocycles. The normalized spacial score (nSPS) is 10.3. The zero-order valence-electron chi connectivity index (χ0n) is 13.6. The van der Waals surface area contributed by atoms with E-state index in [1.165, 1.54) is 0 Å². The van der Waals surface area contributed by atoms with Crippen LogP contribution in [0, 0.1) is 6.92 Å². The molecule has 0 aliphatic carbocycles. The highest BCUT2D eigenvalue weighted by Gasteiger charge is 2.05. The Morgan fingerprint density at radius 1 is 1.08 bits per heavy atom. The second-order valence-corrected chi connectivity index (χ2v) is 5.43. The molecule has 3 N–H and O–H groups in total. The number of pyridine rings is 1. The number of rotatable bonds is 6. The van der Waals surface area contributed by atoms with Crippen molar-refractivity contribution in [2.75, 3.05) is 10.6 Å². The van der Waals surface area contributed by atoms with E-state index >= 15 is 0 Å². The lowest BCUT2D eigenvalue weighted by atomic mass is 10.2. The molecule has 0 bridgehead atoms. The number of anilines is 3. The minimum absolute atomic E-state index is 0.240. The van der Waals surface area contributed by atoms with Crippen molar-refractivity contribution in [3.63, 3.8) is 0 Å². The number of hydrogen-bond acceptors (Lipinski definition) is 6. The van der Waals surface area contributed by atoms with Gasteiger partial charge in [-0.15, -0.1) is 0 Å². The minimum atomic E-state index is -0.952. The molecule has 0 fully saturated rings. The van der Waals surface area contributed by atoms with Crippen LogP contribution in [0.4, 0.5) is 17.5 Å². The molecule has 7 nitrogen and oxygen atoms in total. The molecule has 0 amide bonds. The Balaban J connectivity index is 1.71. The van der Waals surface area contributed by atoms with Gasteiger partial charge >= 0.3 is 5.97 Å². The Kier molecular flexibility index (Phi) is 4.84. The molecular formula is C18H17N5O2. The lowest BCUT2D eigenvalue weighted by Crippen LogP contribution is -2.06. The number of carbonyl (C=O) groups is 1. The van der Waals surface area contributed by atoms with Gasteiger partial charge in [0.2, 0.25) is 5.95 Å². The summed E-state index contributed by atoms with van der Waals surface area (Å²) in [6, 6.07) is 12.2. The zero-order valence-corrected chi connectivity index (χ0v) is 13.6. The average molecular weight is 335 g/mol. The van der Waals surface area contributed by atoms with Crippen LogP contribution in [-0.4, -0.2) is 26.0 Å². The van der Waals surface area contributed by atoms with Crippen LogP contribution in [0.2, 0.25) is 0 Å². The number of hydrogen-bond donors (Lipinski definition) is 3. The first-order chi connectivity index (χ1) is 12.1. The molecular weight excluding hydrogens is 318 g/mol. The minimum Gasteiger partial charge on any atom is -0.478 e. The summed E-state index contributed by atoms with van der Waals surface area (Å²) in [5, 5.41) is 15.3. The first kappa shape index (κ1) is 16.4. The molecule has 7 heteroatoms. The van der Waals surface area contributed by atoms with Crippen molar-refractivity contribution < 1.29 is 9.90 Å². The molecule has 3 aromatic rings. The third-order valence-electron chi connectivity index (χ3n) is 3.46. The maximum absolute atomic E-state index is 10.9. The van der Waals surface area contributed by atoms with Crippen LogP contribution in [0.3, 0.4) is 0 Å². The Hall–Kier alpha value is -3.48. The number of aromatic carboxylic acids is 1. The van der Waals surface area contributed by atoms with Gasteiger partial charge < -0.3 is 15.7 Å². The van der Waals surface area contributed by atoms with Gasteiger partial charge in [0.25, 0.3) is 0 Å². The van der Waals surface area contributed by atoms with E-state index in [1.807, 2.05) is 25.1 Å². The van der Waals surface area contributed by atoms with Crippen molar-refractivity contribution in [3.8, 4) is 0 Å². The number of nitrogens with one attached hydrogen (secondary N) is 2. The summed E-state index contributed by atoms with van der Waals surface area (Å²) in [4.78, 5) is 23.7. The molecule has 0 aliphatic heterocycles. The van der Waals surface area contributed by atoms with Crippen LogP contribution < -0.4 is 10.6 Å². The summed E-state index contributed by atoms with van der Waals surface area (Å²) >= 11 is 0. The van der Waals surface area contributed by atoms with Gasteiger partial charge in [-0.25, -0.2) is 9.78 Å². The molecule has 25 heavy (non-hydrogen) atoms. The molecule has 126 valence electrons. The lowest BCUT2D eigenvalue weighted by Gasteiger charge is -2.10. The SMILES string of the molecule is Cc1cc(Nc2ccc(C(=O)O)cc2)nc(NCc2ccncc2)n1. The predicted molar refractivity (Wildman–Crippen MR) is 95.0 cm³/mol. The highest BCUT2D eigenvalue weighted by molar-refractivity contribution is 5.88. The van der Waals surface area contributed by atoms with Crippen LogP contribution >= 0.6 is 0 Å². The van der Waals surface area contributed by atoms with Crippen molar-refractivity contribution >= 4 is 23.4 Å². The number of carboxylic acid groups (broad SMARTS) is 1. The van der Waals surface area contributed by atoms with E-state index in [2.05, 4.69) is 25.6 Å². The fraction of sp³-hybridized carbons (Fsp3) is 0.111. The third-order valence-corrected chi connectivity index (χ3v) is 3.46. The van der Waals surface area contributed by atoms with Gasteiger partial charge in [0.05, 0.1) is 5.56 Å². The number of carboxylic acids is 1. The molecule has 0 saturated heterocycles. The van der Waals surface area contributed by atoms with Gasteiger partial charge in [0, 0.05) is 36.4 Å². The molecule has 0 radical (unpaired) electrons. The molecule has 2 heterocycles. The number of aromatic nitrogens is 3. The molecule has 0 saturated carbocycles. The van der Waals surface area contributed by atoms with Crippen LogP contribution in [-0.2, 0) is 6.54 Å². The first-order valence-electron chi connectivity index (χ1n) is 7.69. The number of aryl methyl sites for hydroxylation is 1. The molecule has 3 rings (SSSR count). The maximum atomic E-state index is 10.9. The standard InChI is InChI=1S/C18H17N5O2/c1-12-10-16(22-15-4-2-14(3-5-15)17(24)25)23-18(21-12)20-11-13-6-8-19-9-7-13/h2-10H,11H2,1H3,(H,24,25)(H2,20,21,22,23). The summed E-state index contributed by atoms with van der Waals surface area (Å²) < 4.78 is 0. The maximum Gasteiger partial charge on any atom is 0.335 e. The topological polar surface area (TPSA) is 100 Å². The number of benzene rings is 1.